The number of piperidine rings is 1. The number of fused-ring (bicyclic) bond motifs is 2. The van der Waals surface area contributed by atoms with Gasteiger partial charge in [0.15, 0.2) is 0 Å². The van der Waals surface area contributed by atoms with Gasteiger partial charge in [-0.1, -0.05) is 12.8 Å². The van der Waals surface area contributed by atoms with Crippen molar-refractivity contribution in [3.05, 3.63) is 29.6 Å². The lowest BCUT2D eigenvalue weighted by Gasteiger charge is -2.42. The predicted octanol–water partition coefficient (Wildman–Crippen LogP) is 3.65. The lowest BCUT2D eigenvalue weighted by molar-refractivity contribution is 0.200. The predicted molar refractivity (Wildman–Crippen MR) is 100.0 cm³/mol. The summed E-state index contributed by atoms with van der Waals surface area (Å²) in [4.78, 5) is 17.6. The van der Waals surface area contributed by atoms with Crippen molar-refractivity contribution in [3.63, 3.8) is 0 Å². The molecule has 1 saturated carbocycles. The normalized spacial score (nSPS) is 27.2. The molecule has 1 atom stereocenters. The lowest BCUT2D eigenvalue weighted by Crippen LogP contribution is -2.54. The SMILES string of the molecule is O=C(N1CCCC1)N1c2ccc(F)cc2C2(CCNCC2)[C@H]1CC1CC1. The maximum atomic E-state index is 14.2. The number of carbonyl (C=O) groups is 1. The standard InChI is InChI=1S/C21H28FN3O/c22-16-5-6-18-17(14-16)21(7-9-23-10-8-21)19(13-15-3-4-15)25(18)20(26)24-11-1-2-12-24/h5-6,14-15,19,23H,1-4,7-13H2/t19-/m1/s1. The minimum atomic E-state index is -0.178. The van der Waals surface area contributed by atoms with Crippen LogP contribution in [-0.4, -0.2) is 43.2 Å². The van der Waals surface area contributed by atoms with Gasteiger partial charge >= 0.3 is 6.03 Å². The van der Waals surface area contributed by atoms with E-state index in [1.807, 2.05) is 11.0 Å². The maximum absolute atomic E-state index is 14.2. The van der Waals surface area contributed by atoms with Crippen LogP contribution in [0.15, 0.2) is 18.2 Å². The van der Waals surface area contributed by atoms with E-state index in [1.165, 1.54) is 18.9 Å². The van der Waals surface area contributed by atoms with Crippen molar-refractivity contribution < 1.29 is 9.18 Å². The first-order chi connectivity index (χ1) is 12.7. The zero-order valence-corrected chi connectivity index (χ0v) is 15.3. The average molecular weight is 357 g/mol. The molecule has 1 N–H and O–H groups in total. The summed E-state index contributed by atoms with van der Waals surface area (Å²) in [5.74, 6) is 0.557. The molecule has 140 valence electrons. The van der Waals surface area contributed by atoms with Gasteiger partial charge in [-0.15, -0.1) is 0 Å². The van der Waals surface area contributed by atoms with Gasteiger partial charge in [0.2, 0.25) is 0 Å². The number of carbonyl (C=O) groups excluding carboxylic acids is 1. The summed E-state index contributed by atoms with van der Waals surface area (Å²) < 4.78 is 14.2. The molecule has 4 nitrogen and oxygen atoms in total. The van der Waals surface area contributed by atoms with Gasteiger partial charge < -0.3 is 10.2 Å². The molecule has 0 bridgehead atoms. The molecular formula is C21H28FN3O. The Balaban J connectivity index is 1.60. The maximum Gasteiger partial charge on any atom is 0.324 e. The van der Waals surface area contributed by atoms with Gasteiger partial charge in [-0.3, -0.25) is 4.90 Å². The highest BCUT2D eigenvalue weighted by atomic mass is 19.1. The van der Waals surface area contributed by atoms with Crippen LogP contribution in [-0.2, 0) is 5.41 Å². The first-order valence-electron chi connectivity index (χ1n) is 10.3. The summed E-state index contributed by atoms with van der Waals surface area (Å²) in [6, 6.07) is 5.43. The summed E-state index contributed by atoms with van der Waals surface area (Å²) in [6.45, 7) is 3.61. The molecule has 5 rings (SSSR count). The summed E-state index contributed by atoms with van der Waals surface area (Å²) in [5.41, 5.74) is 1.97. The Bertz CT molecular complexity index is 705. The number of anilines is 1. The summed E-state index contributed by atoms with van der Waals surface area (Å²) >= 11 is 0. The van der Waals surface area contributed by atoms with Crippen LogP contribution >= 0.6 is 0 Å². The van der Waals surface area contributed by atoms with Crippen LogP contribution in [0.3, 0.4) is 0 Å². The first-order valence-corrected chi connectivity index (χ1v) is 10.3. The van der Waals surface area contributed by atoms with Gasteiger partial charge in [-0.05, 0) is 74.9 Å². The Kier molecular flexibility index (Phi) is 3.96. The van der Waals surface area contributed by atoms with Crippen LogP contribution < -0.4 is 10.2 Å². The number of urea groups is 1. The minimum absolute atomic E-state index is 0.0827. The Morgan fingerprint density at radius 1 is 1.19 bits per heavy atom. The van der Waals surface area contributed by atoms with Crippen molar-refractivity contribution in [1.29, 1.82) is 0 Å². The summed E-state index contributed by atoms with van der Waals surface area (Å²) in [7, 11) is 0. The molecule has 0 unspecified atom stereocenters. The molecule has 3 fully saturated rings. The third kappa shape index (κ3) is 2.55. The van der Waals surface area contributed by atoms with Crippen molar-refractivity contribution in [1.82, 2.24) is 10.2 Å². The highest BCUT2D eigenvalue weighted by Gasteiger charge is 2.54. The van der Waals surface area contributed by atoms with Crippen molar-refractivity contribution >= 4 is 11.7 Å². The number of hydrogen-bond acceptors (Lipinski definition) is 2. The highest BCUT2D eigenvalue weighted by Crippen LogP contribution is 2.54. The molecule has 0 radical (unpaired) electrons. The topological polar surface area (TPSA) is 35.6 Å². The molecule has 1 spiro atoms. The second-order valence-electron chi connectivity index (χ2n) is 8.61. The number of likely N-dealkylation sites (tertiary alicyclic amines) is 1. The highest BCUT2D eigenvalue weighted by molar-refractivity contribution is 5.96. The van der Waals surface area contributed by atoms with Crippen molar-refractivity contribution in [2.24, 2.45) is 5.92 Å². The zero-order chi connectivity index (χ0) is 17.7. The van der Waals surface area contributed by atoms with Crippen LogP contribution in [0, 0.1) is 11.7 Å². The number of halogens is 1. The summed E-state index contributed by atoms with van der Waals surface area (Å²) in [6.07, 6.45) is 7.80. The smallest absolute Gasteiger partial charge is 0.324 e. The van der Waals surface area contributed by atoms with Crippen LogP contribution in [0.4, 0.5) is 14.9 Å². The van der Waals surface area contributed by atoms with E-state index in [0.29, 0.717) is 0 Å². The largest absolute Gasteiger partial charge is 0.324 e. The third-order valence-corrected chi connectivity index (χ3v) is 7.04. The fourth-order valence-electron chi connectivity index (χ4n) is 5.48. The Labute approximate surface area is 154 Å². The van der Waals surface area contributed by atoms with Gasteiger partial charge in [0.25, 0.3) is 0 Å². The van der Waals surface area contributed by atoms with E-state index in [-0.39, 0.29) is 23.3 Å². The van der Waals surface area contributed by atoms with Gasteiger partial charge in [-0.2, -0.15) is 0 Å². The van der Waals surface area contributed by atoms with E-state index in [2.05, 4.69) is 10.2 Å². The second-order valence-corrected chi connectivity index (χ2v) is 8.61. The van der Waals surface area contributed by atoms with Crippen LogP contribution in [0.25, 0.3) is 0 Å². The van der Waals surface area contributed by atoms with Crippen molar-refractivity contribution in [3.8, 4) is 0 Å². The first kappa shape index (κ1) is 16.5. The van der Waals surface area contributed by atoms with Crippen molar-refractivity contribution in [2.45, 2.75) is 56.4 Å². The molecule has 4 aliphatic rings. The second kappa shape index (κ2) is 6.22. The van der Waals surface area contributed by atoms with Gasteiger partial charge in [0, 0.05) is 30.2 Å². The third-order valence-electron chi connectivity index (χ3n) is 7.04. The molecule has 1 aliphatic carbocycles. The van der Waals surface area contributed by atoms with Gasteiger partial charge in [-0.25, -0.2) is 9.18 Å². The lowest BCUT2D eigenvalue weighted by atomic mass is 9.68. The fourth-order valence-corrected chi connectivity index (χ4v) is 5.48. The molecule has 1 aromatic carbocycles. The van der Waals surface area contributed by atoms with E-state index < -0.39 is 0 Å². The average Bonchev–Trinajstić information content (AvgIpc) is 3.24. The molecule has 3 aliphatic heterocycles. The van der Waals surface area contributed by atoms with E-state index in [9.17, 15) is 9.18 Å². The molecule has 2 saturated heterocycles. The Hall–Kier alpha value is -1.62. The number of nitrogens with zero attached hydrogens (tertiary/aromatic N) is 2. The van der Waals surface area contributed by atoms with Crippen LogP contribution in [0.2, 0.25) is 0 Å². The quantitative estimate of drug-likeness (QED) is 0.877. The fraction of sp³-hybridized carbons (Fsp3) is 0.667. The number of rotatable bonds is 2. The van der Waals surface area contributed by atoms with E-state index in [0.717, 1.165) is 75.5 Å². The number of benzene rings is 1. The van der Waals surface area contributed by atoms with E-state index in [1.54, 1.807) is 6.07 Å². The molecule has 0 aromatic heterocycles. The zero-order valence-electron chi connectivity index (χ0n) is 15.3. The Morgan fingerprint density at radius 2 is 1.92 bits per heavy atom. The molecule has 2 amide bonds. The molecule has 5 heteroatoms. The van der Waals surface area contributed by atoms with E-state index in [4.69, 9.17) is 0 Å². The number of amides is 2. The van der Waals surface area contributed by atoms with Gasteiger partial charge in [0.1, 0.15) is 5.82 Å². The van der Waals surface area contributed by atoms with E-state index >= 15 is 0 Å². The van der Waals surface area contributed by atoms with Gasteiger partial charge in [0.05, 0.1) is 0 Å². The van der Waals surface area contributed by atoms with Crippen LogP contribution in [0.1, 0.15) is 50.5 Å². The number of nitrogens with one attached hydrogen (secondary N) is 1. The molecule has 26 heavy (non-hydrogen) atoms. The monoisotopic (exact) mass is 357 g/mol. The molecule has 1 aromatic rings. The molecule has 3 heterocycles. The molecular weight excluding hydrogens is 329 g/mol. The minimum Gasteiger partial charge on any atom is -0.324 e. The van der Waals surface area contributed by atoms with Crippen molar-refractivity contribution in [2.75, 3.05) is 31.1 Å². The number of hydrogen-bond donors (Lipinski definition) is 1. The Morgan fingerprint density at radius 3 is 2.62 bits per heavy atom. The summed E-state index contributed by atoms with van der Waals surface area (Å²) in [5, 5.41) is 3.46. The van der Waals surface area contributed by atoms with Crippen LogP contribution in [0.5, 0.6) is 0 Å².